The largest absolute Gasteiger partial charge is 0.454 e. The molecular weight excluding hydrogens is 300 g/mol. The van der Waals surface area contributed by atoms with Gasteiger partial charge in [0.1, 0.15) is 6.04 Å². The van der Waals surface area contributed by atoms with Crippen LogP contribution < -0.4 is 5.32 Å². The van der Waals surface area contributed by atoms with E-state index >= 15 is 0 Å². The van der Waals surface area contributed by atoms with Gasteiger partial charge < -0.3 is 10.1 Å². The van der Waals surface area contributed by atoms with E-state index in [2.05, 4.69) is 5.32 Å². The molecule has 1 N–H and O–H groups in total. The third kappa shape index (κ3) is 3.60. The molecule has 0 radical (unpaired) electrons. The molecule has 0 spiro atoms. The van der Waals surface area contributed by atoms with Gasteiger partial charge in [0.05, 0.1) is 11.8 Å². The summed E-state index contributed by atoms with van der Waals surface area (Å²) in [6.45, 7) is 4.61. The maximum absolute atomic E-state index is 12.4. The number of nitrogens with one attached hydrogen (secondary N) is 1. The summed E-state index contributed by atoms with van der Waals surface area (Å²) < 4.78 is 4.92. The zero-order valence-electron chi connectivity index (χ0n) is 13.6. The SMILES string of the molecule is CC(C)NC(=O)COC(=O)[C@H](C)N1C(=O)[C@@H]2CC=CC[C@H]2C1=O. The normalized spacial score (nSPS) is 24.6. The Balaban J connectivity index is 1.96. The molecule has 0 saturated carbocycles. The van der Waals surface area contributed by atoms with Crippen LogP contribution >= 0.6 is 0 Å². The van der Waals surface area contributed by atoms with Crippen LogP contribution in [-0.4, -0.2) is 47.3 Å². The number of hydrogen-bond donors (Lipinski definition) is 1. The van der Waals surface area contributed by atoms with Gasteiger partial charge >= 0.3 is 5.97 Å². The highest BCUT2D eigenvalue weighted by Gasteiger charge is 2.50. The van der Waals surface area contributed by atoms with Gasteiger partial charge in [0, 0.05) is 6.04 Å². The standard InChI is InChI=1S/C16H22N2O5/c1-9(2)17-13(19)8-23-16(22)10(3)18-14(20)11-6-4-5-7-12(11)15(18)21/h4-5,9-12H,6-8H2,1-3H3,(H,17,19)/t10-,11+,12+/m0/s1. The fourth-order valence-electron chi connectivity index (χ4n) is 2.93. The predicted molar refractivity (Wildman–Crippen MR) is 80.9 cm³/mol. The fraction of sp³-hybridized carbons (Fsp3) is 0.625. The first-order chi connectivity index (χ1) is 10.8. The Kier molecular flexibility index (Phi) is 5.18. The Labute approximate surface area is 135 Å². The highest BCUT2D eigenvalue weighted by molar-refractivity contribution is 6.08. The Bertz CT molecular complexity index is 529. The highest BCUT2D eigenvalue weighted by atomic mass is 16.5. The van der Waals surface area contributed by atoms with E-state index in [-0.39, 0.29) is 29.7 Å². The van der Waals surface area contributed by atoms with Crippen LogP contribution in [0, 0.1) is 11.8 Å². The molecule has 1 aliphatic heterocycles. The summed E-state index contributed by atoms with van der Waals surface area (Å²) in [6, 6.07) is -1.08. The van der Waals surface area contributed by atoms with E-state index in [1.807, 2.05) is 12.2 Å². The molecule has 3 amide bonds. The lowest BCUT2D eigenvalue weighted by Gasteiger charge is -2.21. The van der Waals surface area contributed by atoms with Gasteiger partial charge in [-0.05, 0) is 33.6 Å². The van der Waals surface area contributed by atoms with Crippen LogP contribution in [0.3, 0.4) is 0 Å². The van der Waals surface area contributed by atoms with Gasteiger partial charge in [-0.3, -0.25) is 19.3 Å². The molecule has 0 unspecified atom stereocenters. The molecule has 23 heavy (non-hydrogen) atoms. The molecule has 0 aromatic heterocycles. The summed E-state index contributed by atoms with van der Waals surface area (Å²) in [5.74, 6) is -2.60. The highest BCUT2D eigenvalue weighted by Crippen LogP contribution is 2.36. The number of likely N-dealkylation sites (tertiary alicyclic amines) is 1. The lowest BCUT2D eigenvalue weighted by atomic mass is 9.85. The van der Waals surface area contributed by atoms with Crippen LogP contribution in [0.5, 0.6) is 0 Å². The minimum Gasteiger partial charge on any atom is -0.454 e. The first-order valence-corrected chi connectivity index (χ1v) is 7.80. The number of allylic oxidation sites excluding steroid dienone is 2. The van der Waals surface area contributed by atoms with Gasteiger partial charge in [0.15, 0.2) is 6.61 Å². The minimum atomic E-state index is -1.02. The number of carbonyl (C=O) groups excluding carboxylic acids is 4. The Hall–Kier alpha value is -2.18. The summed E-state index contributed by atoms with van der Waals surface area (Å²) in [5.41, 5.74) is 0. The molecule has 1 fully saturated rings. The number of fused-ring (bicyclic) bond motifs is 1. The first kappa shape index (κ1) is 17.2. The number of rotatable bonds is 5. The van der Waals surface area contributed by atoms with Crippen LogP contribution in [0.2, 0.25) is 0 Å². The van der Waals surface area contributed by atoms with E-state index in [1.165, 1.54) is 6.92 Å². The smallest absolute Gasteiger partial charge is 0.329 e. The number of amides is 3. The molecule has 7 heteroatoms. The van der Waals surface area contributed by atoms with Crippen molar-refractivity contribution in [1.82, 2.24) is 10.2 Å². The summed E-state index contributed by atoms with van der Waals surface area (Å²) >= 11 is 0. The molecular formula is C16H22N2O5. The lowest BCUT2D eigenvalue weighted by Crippen LogP contribution is -2.45. The Morgan fingerprint density at radius 3 is 2.17 bits per heavy atom. The van der Waals surface area contributed by atoms with E-state index in [0.29, 0.717) is 12.8 Å². The molecule has 2 aliphatic rings. The van der Waals surface area contributed by atoms with E-state index in [9.17, 15) is 19.2 Å². The second-order valence-electron chi connectivity index (χ2n) is 6.21. The van der Waals surface area contributed by atoms with Crippen molar-refractivity contribution in [3.8, 4) is 0 Å². The van der Waals surface area contributed by atoms with Crippen molar-refractivity contribution in [3.63, 3.8) is 0 Å². The van der Waals surface area contributed by atoms with Crippen LogP contribution in [0.1, 0.15) is 33.6 Å². The van der Waals surface area contributed by atoms with E-state index < -0.39 is 24.5 Å². The number of hydrogen-bond acceptors (Lipinski definition) is 5. The Morgan fingerprint density at radius 2 is 1.70 bits per heavy atom. The number of imide groups is 1. The summed E-state index contributed by atoms with van der Waals surface area (Å²) in [4.78, 5) is 49.3. The van der Waals surface area contributed by atoms with Crippen LogP contribution in [0.15, 0.2) is 12.2 Å². The second-order valence-corrected chi connectivity index (χ2v) is 6.21. The molecule has 0 aromatic rings. The van der Waals surface area contributed by atoms with Gasteiger partial charge in [0.2, 0.25) is 11.8 Å². The van der Waals surface area contributed by atoms with Crippen molar-refractivity contribution in [2.45, 2.75) is 45.7 Å². The third-order valence-electron chi connectivity index (χ3n) is 4.07. The van der Waals surface area contributed by atoms with Gasteiger partial charge in [-0.2, -0.15) is 0 Å². The van der Waals surface area contributed by atoms with E-state index in [1.54, 1.807) is 13.8 Å². The van der Waals surface area contributed by atoms with Gasteiger partial charge in [-0.1, -0.05) is 12.2 Å². The number of nitrogens with zero attached hydrogens (tertiary/aromatic N) is 1. The summed E-state index contributed by atoms with van der Waals surface area (Å²) in [7, 11) is 0. The van der Waals surface area contributed by atoms with Gasteiger partial charge in [-0.25, -0.2) is 4.79 Å². The number of carbonyl (C=O) groups is 4. The van der Waals surface area contributed by atoms with E-state index in [0.717, 1.165) is 4.90 Å². The van der Waals surface area contributed by atoms with Crippen molar-refractivity contribution < 1.29 is 23.9 Å². The third-order valence-corrected chi connectivity index (χ3v) is 4.07. The van der Waals surface area contributed by atoms with Crippen molar-refractivity contribution in [2.24, 2.45) is 11.8 Å². The predicted octanol–water partition coefficient (Wildman–Crippen LogP) is 0.394. The van der Waals surface area contributed by atoms with Crippen molar-refractivity contribution >= 4 is 23.7 Å². The molecule has 1 saturated heterocycles. The second kappa shape index (κ2) is 6.93. The summed E-state index contributed by atoms with van der Waals surface area (Å²) in [6.07, 6.45) is 4.80. The monoisotopic (exact) mass is 322 g/mol. The van der Waals surface area contributed by atoms with Crippen molar-refractivity contribution in [3.05, 3.63) is 12.2 Å². The fourth-order valence-corrected chi connectivity index (χ4v) is 2.93. The molecule has 3 atom stereocenters. The average Bonchev–Trinajstić information content (AvgIpc) is 2.75. The molecule has 1 aliphatic carbocycles. The molecule has 126 valence electrons. The maximum atomic E-state index is 12.4. The van der Waals surface area contributed by atoms with Crippen molar-refractivity contribution in [1.29, 1.82) is 0 Å². The minimum absolute atomic E-state index is 0.0593. The molecule has 0 aromatic carbocycles. The van der Waals surface area contributed by atoms with Crippen LogP contribution in [0.4, 0.5) is 0 Å². The number of esters is 1. The number of ether oxygens (including phenoxy) is 1. The topological polar surface area (TPSA) is 92.8 Å². The molecule has 0 bridgehead atoms. The Morgan fingerprint density at radius 1 is 1.17 bits per heavy atom. The molecule has 2 rings (SSSR count). The van der Waals surface area contributed by atoms with Crippen LogP contribution in [0.25, 0.3) is 0 Å². The van der Waals surface area contributed by atoms with Gasteiger partial charge in [-0.15, -0.1) is 0 Å². The quantitative estimate of drug-likeness (QED) is 0.449. The molecule has 1 heterocycles. The zero-order valence-corrected chi connectivity index (χ0v) is 13.6. The van der Waals surface area contributed by atoms with E-state index in [4.69, 9.17) is 4.74 Å². The van der Waals surface area contributed by atoms with Crippen molar-refractivity contribution in [2.75, 3.05) is 6.61 Å². The van der Waals surface area contributed by atoms with Crippen LogP contribution in [-0.2, 0) is 23.9 Å². The zero-order chi connectivity index (χ0) is 17.1. The first-order valence-electron chi connectivity index (χ1n) is 7.80. The van der Waals surface area contributed by atoms with Gasteiger partial charge in [0.25, 0.3) is 5.91 Å². The average molecular weight is 322 g/mol. The maximum Gasteiger partial charge on any atom is 0.329 e. The summed E-state index contributed by atoms with van der Waals surface area (Å²) in [5, 5.41) is 2.59. The lowest BCUT2D eigenvalue weighted by molar-refractivity contribution is -0.159. The molecule has 7 nitrogen and oxygen atoms in total.